The highest BCUT2D eigenvalue weighted by molar-refractivity contribution is 7.09. The van der Waals surface area contributed by atoms with E-state index < -0.39 is 0 Å². The Labute approximate surface area is 122 Å². The van der Waals surface area contributed by atoms with Gasteiger partial charge in [-0.05, 0) is 18.1 Å². The van der Waals surface area contributed by atoms with Crippen LogP contribution in [0.25, 0.3) is 22.4 Å². The molecule has 102 valence electrons. The number of aromatic nitrogens is 3. The number of nitrogens with zero attached hydrogens (tertiary/aromatic N) is 3. The minimum Gasteiger partial charge on any atom is -0.360 e. The molecule has 3 aromatic rings. The van der Waals surface area contributed by atoms with E-state index in [-0.39, 0.29) is 0 Å². The summed E-state index contributed by atoms with van der Waals surface area (Å²) in [5, 5.41) is 5.27. The predicted octanol–water partition coefficient (Wildman–Crippen LogP) is 3.82. The Morgan fingerprint density at radius 3 is 2.80 bits per heavy atom. The van der Waals surface area contributed by atoms with Gasteiger partial charge in [-0.2, -0.15) is 9.36 Å². The summed E-state index contributed by atoms with van der Waals surface area (Å²) >= 11 is 1.38. The first-order valence-corrected chi connectivity index (χ1v) is 7.43. The zero-order valence-electron chi connectivity index (χ0n) is 11.5. The third-order valence-electron chi connectivity index (χ3n) is 2.92. The maximum Gasteiger partial charge on any atom is 0.202 e. The predicted molar refractivity (Wildman–Crippen MR) is 84.0 cm³/mol. The smallest absolute Gasteiger partial charge is 0.202 e. The Balaban J connectivity index is 1.87. The molecule has 0 bridgehead atoms. The number of nitrogens with one attached hydrogen (secondary N) is 1. The highest BCUT2D eigenvalue weighted by Gasteiger charge is 2.08. The SMILES string of the molecule is CC(C)CNc1nc(-c2ccc3ccccc3n2)ns1. The van der Waals surface area contributed by atoms with Crippen LogP contribution in [-0.4, -0.2) is 20.9 Å². The molecule has 1 aromatic carbocycles. The zero-order chi connectivity index (χ0) is 13.9. The van der Waals surface area contributed by atoms with Crippen molar-refractivity contribution in [3.8, 4) is 11.5 Å². The summed E-state index contributed by atoms with van der Waals surface area (Å²) in [5.74, 6) is 1.27. The summed E-state index contributed by atoms with van der Waals surface area (Å²) in [6.45, 7) is 5.24. The minimum absolute atomic E-state index is 0.584. The normalized spacial score (nSPS) is 11.2. The van der Waals surface area contributed by atoms with E-state index in [4.69, 9.17) is 0 Å². The Bertz CT molecular complexity index is 720. The van der Waals surface area contributed by atoms with Gasteiger partial charge < -0.3 is 5.32 Å². The molecule has 2 heterocycles. The number of anilines is 1. The van der Waals surface area contributed by atoms with Crippen LogP contribution in [0, 0.1) is 5.92 Å². The summed E-state index contributed by atoms with van der Waals surface area (Å²) < 4.78 is 4.38. The van der Waals surface area contributed by atoms with Crippen LogP contribution in [0.4, 0.5) is 5.13 Å². The van der Waals surface area contributed by atoms with Crippen LogP contribution in [0.5, 0.6) is 0 Å². The van der Waals surface area contributed by atoms with Gasteiger partial charge in [-0.3, -0.25) is 0 Å². The van der Waals surface area contributed by atoms with Crippen molar-refractivity contribution in [1.29, 1.82) is 0 Å². The van der Waals surface area contributed by atoms with E-state index in [2.05, 4.69) is 45.6 Å². The number of hydrogen-bond acceptors (Lipinski definition) is 5. The van der Waals surface area contributed by atoms with E-state index in [0.717, 1.165) is 28.3 Å². The molecule has 4 nitrogen and oxygen atoms in total. The van der Waals surface area contributed by atoms with Crippen LogP contribution < -0.4 is 5.32 Å². The minimum atomic E-state index is 0.584. The number of hydrogen-bond donors (Lipinski definition) is 1. The molecule has 5 heteroatoms. The summed E-state index contributed by atoms with van der Waals surface area (Å²) in [7, 11) is 0. The molecule has 0 spiro atoms. The molecule has 0 aliphatic heterocycles. The molecular formula is C15H16N4S. The highest BCUT2D eigenvalue weighted by Crippen LogP contribution is 2.22. The van der Waals surface area contributed by atoms with Crippen molar-refractivity contribution in [3.05, 3.63) is 36.4 Å². The number of fused-ring (bicyclic) bond motifs is 1. The van der Waals surface area contributed by atoms with Crippen molar-refractivity contribution in [3.63, 3.8) is 0 Å². The molecule has 0 atom stereocenters. The number of rotatable bonds is 4. The summed E-state index contributed by atoms with van der Waals surface area (Å²) in [6.07, 6.45) is 0. The van der Waals surface area contributed by atoms with Gasteiger partial charge in [0.1, 0.15) is 5.69 Å². The number of benzene rings is 1. The van der Waals surface area contributed by atoms with Crippen LogP contribution in [0.1, 0.15) is 13.8 Å². The molecule has 20 heavy (non-hydrogen) atoms. The van der Waals surface area contributed by atoms with Gasteiger partial charge in [0.2, 0.25) is 5.13 Å². The fourth-order valence-corrected chi connectivity index (χ4v) is 2.46. The molecule has 2 aromatic heterocycles. The molecule has 0 amide bonds. The molecule has 0 saturated heterocycles. The second-order valence-corrected chi connectivity index (χ2v) is 5.84. The Morgan fingerprint density at radius 1 is 1.10 bits per heavy atom. The first-order chi connectivity index (χ1) is 9.72. The lowest BCUT2D eigenvalue weighted by atomic mass is 10.2. The van der Waals surface area contributed by atoms with Crippen molar-refractivity contribution in [2.75, 3.05) is 11.9 Å². The molecule has 0 fully saturated rings. The Kier molecular flexibility index (Phi) is 3.60. The van der Waals surface area contributed by atoms with Gasteiger partial charge in [0.25, 0.3) is 0 Å². The summed E-state index contributed by atoms with van der Waals surface area (Å²) in [4.78, 5) is 9.10. The van der Waals surface area contributed by atoms with Gasteiger partial charge in [0, 0.05) is 23.5 Å². The lowest BCUT2D eigenvalue weighted by Gasteiger charge is -2.03. The Hall–Kier alpha value is -2.01. The van der Waals surface area contributed by atoms with Crippen molar-refractivity contribution >= 4 is 27.6 Å². The summed E-state index contributed by atoms with van der Waals surface area (Å²) in [5.41, 5.74) is 1.79. The highest BCUT2D eigenvalue weighted by atomic mass is 32.1. The number of para-hydroxylation sites is 1. The quantitative estimate of drug-likeness (QED) is 0.791. The average Bonchev–Trinajstić information content (AvgIpc) is 2.93. The van der Waals surface area contributed by atoms with Crippen molar-refractivity contribution in [2.24, 2.45) is 5.92 Å². The van der Waals surface area contributed by atoms with Crippen LogP contribution in [0.2, 0.25) is 0 Å². The molecule has 3 rings (SSSR count). The van der Waals surface area contributed by atoms with E-state index >= 15 is 0 Å². The van der Waals surface area contributed by atoms with Gasteiger partial charge in [-0.25, -0.2) is 4.98 Å². The van der Waals surface area contributed by atoms with Gasteiger partial charge in [0.05, 0.1) is 5.52 Å². The van der Waals surface area contributed by atoms with E-state index in [9.17, 15) is 0 Å². The first kappa shape index (κ1) is 13.0. The Morgan fingerprint density at radius 2 is 1.95 bits per heavy atom. The van der Waals surface area contributed by atoms with Crippen LogP contribution in [0.15, 0.2) is 36.4 Å². The van der Waals surface area contributed by atoms with Crippen molar-refractivity contribution in [1.82, 2.24) is 14.3 Å². The van der Waals surface area contributed by atoms with Gasteiger partial charge in [0.15, 0.2) is 5.82 Å². The van der Waals surface area contributed by atoms with E-state index in [1.807, 2.05) is 24.3 Å². The maximum atomic E-state index is 4.61. The lowest BCUT2D eigenvalue weighted by molar-refractivity contribution is 0.688. The second-order valence-electron chi connectivity index (χ2n) is 5.09. The number of pyridine rings is 1. The molecule has 1 N–H and O–H groups in total. The molecule has 0 saturated carbocycles. The second kappa shape index (κ2) is 5.54. The van der Waals surface area contributed by atoms with Gasteiger partial charge in [-0.1, -0.05) is 38.1 Å². The van der Waals surface area contributed by atoms with Crippen molar-refractivity contribution < 1.29 is 0 Å². The van der Waals surface area contributed by atoms with Gasteiger partial charge >= 0.3 is 0 Å². The van der Waals surface area contributed by atoms with E-state index in [1.54, 1.807) is 0 Å². The standard InChI is InChI=1S/C15H16N4S/c1-10(2)9-16-15-18-14(19-20-15)13-8-7-11-5-3-4-6-12(11)17-13/h3-8,10H,9H2,1-2H3,(H,16,18,19). The monoisotopic (exact) mass is 284 g/mol. The molecule has 0 radical (unpaired) electrons. The van der Waals surface area contributed by atoms with E-state index in [1.165, 1.54) is 11.5 Å². The molecular weight excluding hydrogens is 268 g/mol. The largest absolute Gasteiger partial charge is 0.360 e. The van der Waals surface area contributed by atoms with Crippen LogP contribution >= 0.6 is 11.5 Å². The molecule has 0 aliphatic rings. The fourth-order valence-electron chi connectivity index (χ4n) is 1.88. The van der Waals surface area contributed by atoms with Crippen LogP contribution in [0.3, 0.4) is 0 Å². The van der Waals surface area contributed by atoms with Gasteiger partial charge in [-0.15, -0.1) is 0 Å². The fraction of sp³-hybridized carbons (Fsp3) is 0.267. The third kappa shape index (κ3) is 2.77. The van der Waals surface area contributed by atoms with Crippen LogP contribution in [-0.2, 0) is 0 Å². The zero-order valence-corrected chi connectivity index (χ0v) is 12.3. The average molecular weight is 284 g/mol. The van der Waals surface area contributed by atoms with E-state index in [0.29, 0.717) is 11.7 Å². The lowest BCUT2D eigenvalue weighted by Crippen LogP contribution is -2.07. The van der Waals surface area contributed by atoms with Crippen molar-refractivity contribution in [2.45, 2.75) is 13.8 Å². The first-order valence-electron chi connectivity index (χ1n) is 6.66. The maximum absolute atomic E-state index is 4.61. The molecule has 0 unspecified atom stereocenters. The molecule has 0 aliphatic carbocycles. The third-order valence-corrected chi connectivity index (χ3v) is 3.59. The summed E-state index contributed by atoms with van der Waals surface area (Å²) in [6, 6.07) is 12.1. The topological polar surface area (TPSA) is 50.7 Å².